The molecule has 1 saturated heterocycles. The third kappa shape index (κ3) is 7.89. The zero-order valence-electron chi connectivity index (χ0n) is 23.4. The number of hydrogen-bond donors (Lipinski definition) is 5. The predicted octanol–water partition coefficient (Wildman–Crippen LogP) is 4.61. The number of para-hydroxylation sites is 1. The van der Waals surface area contributed by atoms with E-state index in [4.69, 9.17) is 10.8 Å². The normalized spacial score (nSPS) is 14.0. The molecule has 1 fully saturated rings. The highest BCUT2D eigenvalue weighted by molar-refractivity contribution is 6.06. The minimum absolute atomic E-state index is 0.00391. The molecule has 0 aliphatic carbocycles. The van der Waals surface area contributed by atoms with Gasteiger partial charge < -0.3 is 26.5 Å². The van der Waals surface area contributed by atoms with Crippen molar-refractivity contribution in [3.63, 3.8) is 0 Å². The number of carbonyl (C=O) groups excluding carboxylic acids is 1. The highest BCUT2D eigenvalue weighted by Gasteiger charge is 2.17. The maximum absolute atomic E-state index is 12.6. The number of benzene rings is 2. The van der Waals surface area contributed by atoms with Gasteiger partial charge in [0, 0.05) is 36.1 Å². The molecule has 10 nitrogen and oxygen atoms in total. The van der Waals surface area contributed by atoms with E-state index in [9.17, 15) is 9.18 Å². The molecule has 1 amide bonds. The molecule has 1 aliphatic heterocycles. The number of nitrogens with zero attached hydrogens (tertiary/aromatic N) is 4. The quantitative estimate of drug-likeness (QED) is 0.165. The summed E-state index contributed by atoms with van der Waals surface area (Å²) >= 11 is 0. The van der Waals surface area contributed by atoms with E-state index in [1.807, 2.05) is 45.3 Å². The van der Waals surface area contributed by atoms with E-state index < -0.39 is 0 Å². The monoisotopic (exact) mass is 558 g/mol. The number of aliphatic imine (C=N–C) groups is 1. The molecular weight excluding hydrogens is 523 g/mol. The Kier molecular flexibility index (Phi) is 9.64. The minimum Gasteiger partial charge on any atom is -0.508 e. The number of carbonyl (C=O) groups is 1. The fourth-order valence-corrected chi connectivity index (χ4v) is 4.43. The number of amidine groups is 1. The Morgan fingerprint density at radius 1 is 1.22 bits per heavy atom. The molecule has 0 spiro atoms. The van der Waals surface area contributed by atoms with Crippen molar-refractivity contribution in [2.75, 3.05) is 32.0 Å². The van der Waals surface area contributed by atoms with Crippen LogP contribution in [0.5, 0.6) is 5.75 Å². The third-order valence-electron chi connectivity index (χ3n) is 6.58. The van der Waals surface area contributed by atoms with Gasteiger partial charge in [-0.15, -0.1) is 0 Å². The Hall–Kier alpha value is -4.77. The lowest BCUT2D eigenvalue weighted by Crippen LogP contribution is -2.30. The number of nitrogens with two attached hydrogens (primary N) is 1. The van der Waals surface area contributed by atoms with Gasteiger partial charge in [-0.25, -0.2) is 14.4 Å². The van der Waals surface area contributed by atoms with E-state index >= 15 is 0 Å². The number of H-pyrrole nitrogens is 1. The van der Waals surface area contributed by atoms with Gasteiger partial charge in [-0.05, 0) is 81.7 Å². The SMILES string of the molecule is CN/C(C)=C\C(N)=N/c1ncc(C)c(-c2c[nH]c3c(NC(=O)CN4CCCC4)cccc23)n1.Oc1ccc(F)cc1. The number of hydrogen-bond acceptors (Lipinski definition) is 7. The molecule has 41 heavy (non-hydrogen) atoms. The number of phenolic OH excluding ortho intramolecular Hbond substituents is 1. The number of aromatic hydroxyl groups is 1. The molecule has 6 N–H and O–H groups in total. The van der Waals surface area contributed by atoms with Gasteiger partial charge in [0.15, 0.2) is 0 Å². The first kappa shape index (κ1) is 29.2. The van der Waals surface area contributed by atoms with Crippen LogP contribution in [0.15, 0.2) is 71.6 Å². The Balaban J connectivity index is 0.000000417. The molecule has 11 heteroatoms. The highest BCUT2D eigenvalue weighted by atomic mass is 19.1. The second kappa shape index (κ2) is 13.5. The lowest BCUT2D eigenvalue weighted by molar-refractivity contribution is -0.117. The van der Waals surface area contributed by atoms with Gasteiger partial charge in [0.1, 0.15) is 17.4 Å². The summed E-state index contributed by atoms with van der Waals surface area (Å²) in [7, 11) is 1.82. The van der Waals surface area contributed by atoms with Gasteiger partial charge in [-0.1, -0.05) is 12.1 Å². The van der Waals surface area contributed by atoms with Gasteiger partial charge in [0.05, 0.1) is 23.4 Å². The molecular formula is C30H35FN8O2. The number of halogens is 1. The van der Waals surface area contributed by atoms with E-state index in [1.165, 1.54) is 24.3 Å². The second-order valence-corrected chi connectivity index (χ2v) is 9.75. The molecule has 214 valence electrons. The second-order valence-electron chi connectivity index (χ2n) is 9.75. The maximum Gasteiger partial charge on any atom is 0.251 e. The van der Waals surface area contributed by atoms with Crippen molar-refractivity contribution in [2.24, 2.45) is 10.7 Å². The van der Waals surface area contributed by atoms with E-state index in [-0.39, 0.29) is 23.4 Å². The number of rotatable bonds is 7. The van der Waals surface area contributed by atoms with Crippen LogP contribution < -0.4 is 16.4 Å². The minimum atomic E-state index is -0.331. The van der Waals surface area contributed by atoms with E-state index in [2.05, 4.69) is 35.5 Å². The summed E-state index contributed by atoms with van der Waals surface area (Å²) in [6.07, 6.45) is 7.68. The third-order valence-corrected chi connectivity index (χ3v) is 6.58. The number of likely N-dealkylation sites (tertiary alicyclic amines) is 1. The number of anilines is 1. The van der Waals surface area contributed by atoms with Crippen molar-refractivity contribution in [2.45, 2.75) is 26.7 Å². The Morgan fingerprint density at radius 3 is 2.63 bits per heavy atom. The number of phenols is 1. The molecule has 0 saturated carbocycles. The number of aromatic amines is 1. The molecule has 0 unspecified atom stereocenters. The molecule has 3 heterocycles. The van der Waals surface area contributed by atoms with Crippen molar-refractivity contribution in [3.05, 3.63) is 78.0 Å². The number of aromatic nitrogens is 3. The summed E-state index contributed by atoms with van der Waals surface area (Å²) in [5.74, 6) is 0.362. The van der Waals surface area contributed by atoms with Crippen LogP contribution in [0.2, 0.25) is 0 Å². The molecule has 2 aromatic carbocycles. The lowest BCUT2D eigenvalue weighted by Gasteiger charge is -2.14. The summed E-state index contributed by atoms with van der Waals surface area (Å²) < 4.78 is 12.0. The molecule has 2 aromatic heterocycles. The van der Waals surface area contributed by atoms with Gasteiger partial charge in [-0.2, -0.15) is 4.99 Å². The van der Waals surface area contributed by atoms with Crippen LogP contribution in [0.1, 0.15) is 25.3 Å². The molecule has 0 radical (unpaired) electrons. The van der Waals surface area contributed by atoms with Crippen molar-refractivity contribution < 1.29 is 14.3 Å². The molecule has 0 atom stereocenters. The van der Waals surface area contributed by atoms with E-state index in [1.54, 1.807) is 12.3 Å². The van der Waals surface area contributed by atoms with Crippen LogP contribution in [0.4, 0.5) is 16.0 Å². The molecule has 0 bridgehead atoms. The number of fused-ring (bicyclic) bond motifs is 1. The first-order valence-corrected chi connectivity index (χ1v) is 13.3. The molecule has 5 rings (SSSR count). The average Bonchev–Trinajstić information content (AvgIpc) is 3.62. The first-order chi connectivity index (χ1) is 19.7. The van der Waals surface area contributed by atoms with Gasteiger partial charge in [-0.3, -0.25) is 9.69 Å². The van der Waals surface area contributed by atoms with Crippen LogP contribution >= 0.6 is 0 Å². The van der Waals surface area contributed by atoms with Crippen LogP contribution in [-0.2, 0) is 4.79 Å². The van der Waals surface area contributed by atoms with Crippen LogP contribution in [0, 0.1) is 12.7 Å². The molecule has 4 aromatic rings. The number of aryl methyl sites for hydroxylation is 1. The number of allylic oxidation sites excluding steroid dienone is 1. The fourth-order valence-electron chi connectivity index (χ4n) is 4.43. The number of amides is 1. The highest BCUT2D eigenvalue weighted by Crippen LogP contribution is 2.33. The van der Waals surface area contributed by atoms with Crippen molar-refractivity contribution in [1.82, 2.24) is 25.2 Å². The Labute approximate surface area is 238 Å². The average molecular weight is 559 g/mol. The Bertz CT molecular complexity index is 1540. The van der Waals surface area contributed by atoms with Gasteiger partial charge in [0.25, 0.3) is 5.95 Å². The first-order valence-electron chi connectivity index (χ1n) is 13.3. The summed E-state index contributed by atoms with van der Waals surface area (Å²) in [5.41, 5.74) is 11.1. The van der Waals surface area contributed by atoms with Crippen molar-refractivity contribution >= 4 is 34.3 Å². The summed E-state index contributed by atoms with van der Waals surface area (Å²) in [6, 6.07) is 10.9. The predicted molar refractivity (Wildman–Crippen MR) is 161 cm³/mol. The van der Waals surface area contributed by atoms with Crippen molar-refractivity contribution in [3.8, 4) is 17.0 Å². The zero-order chi connectivity index (χ0) is 29.4. The van der Waals surface area contributed by atoms with E-state index in [0.717, 1.165) is 65.0 Å². The summed E-state index contributed by atoms with van der Waals surface area (Å²) in [4.78, 5) is 31.3. The van der Waals surface area contributed by atoms with Crippen LogP contribution in [0.3, 0.4) is 0 Å². The molecule has 1 aliphatic rings. The smallest absolute Gasteiger partial charge is 0.251 e. The zero-order valence-corrected chi connectivity index (χ0v) is 23.4. The van der Waals surface area contributed by atoms with Gasteiger partial charge in [0.2, 0.25) is 5.91 Å². The van der Waals surface area contributed by atoms with Crippen molar-refractivity contribution in [1.29, 1.82) is 0 Å². The van der Waals surface area contributed by atoms with Crippen LogP contribution in [0.25, 0.3) is 22.2 Å². The number of nitrogens with one attached hydrogen (secondary N) is 3. The Morgan fingerprint density at radius 2 is 1.95 bits per heavy atom. The lowest BCUT2D eigenvalue weighted by atomic mass is 10.1. The maximum atomic E-state index is 12.6. The summed E-state index contributed by atoms with van der Waals surface area (Å²) in [6.45, 7) is 6.24. The summed E-state index contributed by atoms with van der Waals surface area (Å²) in [5, 5.41) is 15.6. The fraction of sp³-hybridized carbons (Fsp3) is 0.267. The standard InChI is InChI=1S/C24H30N8O.C6H5FO/c1-15-12-28-24(30-20(25)11-16(2)26-3)31-22(15)18-13-27-23-17(18)7-6-8-19(23)29-21(33)14-32-9-4-5-10-32;7-5-1-3-6(8)4-2-5/h6-8,11-13,26-27H,4-5,9-10,14H2,1-3H3,(H,29,33)(H2,25,28,30,31);1-4,8H/b16-11-;. The largest absolute Gasteiger partial charge is 0.508 e. The van der Waals surface area contributed by atoms with Gasteiger partial charge >= 0.3 is 0 Å². The van der Waals surface area contributed by atoms with Crippen LogP contribution in [-0.4, -0.2) is 63.4 Å². The van der Waals surface area contributed by atoms with E-state index in [0.29, 0.717) is 12.4 Å². The topological polar surface area (TPSA) is 145 Å².